The highest BCUT2D eigenvalue weighted by Gasteiger charge is 2.40. The number of halogens is 3. The molecule has 0 fully saturated rings. The zero-order valence-corrected chi connectivity index (χ0v) is 21.0. The van der Waals surface area contributed by atoms with Gasteiger partial charge < -0.3 is 10.6 Å². The Kier molecular flexibility index (Phi) is 7.17. The highest BCUT2D eigenvalue weighted by atomic mass is 35.5. The van der Waals surface area contributed by atoms with Gasteiger partial charge in [-0.25, -0.2) is 4.90 Å². The summed E-state index contributed by atoms with van der Waals surface area (Å²) in [6.07, 6.45) is 0. The predicted octanol–water partition coefficient (Wildman–Crippen LogP) is 6.80. The average Bonchev–Trinajstić information content (AvgIpc) is 3.04. The second kappa shape index (κ2) is 10.1. The van der Waals surface area contributed by atoms with Crippen LogP contribution in [-0.4, -0.2) is 17.7 Å². The fraction of sp³-hybridized carbons (Fsp3) is 0.115. The van der Waals surface area contributed by atoms with Crippen molar-refractivity contribution in [2.45, 2.75) is 19.8 Å². The molecule has 3 aromatic rings. The van der Waals surface area contributed by atoms with Crippen LogP contribution in [0.25, 0.3) is 0 Å². The number of para-hydroxylation sites is 1. The van der Waals surface area contributed by atoms with Crippen molar-refractivity contribution < 1.29 is 14.4 Å². The van der Waals surface area contributed by atoms with Crippen LogP contribution in [0.4, 0.5) is 17.1 Å². The fourth-order valence-electron chi connectivity index (χ4n) is 3.65. The van der Waals surface area contributed by atoms with Gasteiger partial charge in [-0.2, -0.15) is 0 Å². The maximum Gasteiger partial charge on any atom is 0.283 e. The van der Waals surface area contributed by atoms with Gasteiger partial charge in [0.25, 0.3) is 17.7 Å². The Hall–Kier alpha value is -3.32. The highest BCUT2D eigenvalue weighted by molar-refractivity contribution is 6.54. The maximum atomic E-state index is 13.0. The normalized spacial score (nSPS) is 13.6. The lowest BCUT2D eigenvalue weighted by molar-refractivity contribution is -0.120. The van der Waals surface area contributed by atoms with Gasteiger partial charge in [0.1, 0.15) is 10.7 Å². The molecule has 3 amide bonds. The van der Waals surface area contributed by atoms with Crippen LogP contribution in [0, 0.1) is 0 Å². The summed E-state index contributed by atoms with van der Waals surface area (Å²) in [5.41, 5.74) is 2.72. The lowest BCUT2D eigenvalue weighted by Crippen LogP contribution is -2.32. The third-order valence-electron chi connectivity index (χ3n) is 5.45. The largest absolute Gasteiger partial charge is 0.350 e. The van der Waals surface area contributed by atoms with Gasteiger partial charge in [-0.05, 0) is 53.9 Å². The number of rotatable bonds is 6. The predicted molar refractivity (Wildman–Crippen MR) is 140 cm³/mol. The quantitative estimate of drug-likeness (QED) is 0.345. The molecule has 0 saturated carbocycles. The van der Waals surface area contributed by atoms with Gasteiger partial charge in [-0.15, -0.1) is 0 Å². The molecule has 0 unspecified atom stereocenters. The topological polar surface area (TPSA) is 78.5 Å². The van der Waals surface area contributed by atoms with Crippen LogP contribution in [0.15, 0.2) is 77.5 Å². The third kappa shape index (κ3) is 4.91. The smallest absolute Gasteiger partial charge is 0.283 e. The molecule has 9 heteroatoms. The molecule has 35 heavy (non-hydrogen) atoms. The molecule has 0 aromatic heterocycles. The van der Waals surface area contributed by atoms with E-state index < -0.39 is 11.8 Å². The molecule has 0 atom stereocenters. The van der Waals surface area contributed by atoms with Crippen molar-refractivity contribution >= 4 is 69.6 Å². The summed E-state index contributed by atoms with van der Waals surface area (Å²) in [5, 5.41) is 5.80. The van der Waals surface area contributed by atoms with E-state index in [1.807, 2.05) is 24.3 Å². The number of nitrogens with zero attached hydrogens (tertiary/aromatic N) is 1. The van der Waals surface area contributed by atoms with E-state index in [0.717, 1.165) is 16.2 Å². The van der Waals surface area contributed by atoms with E-state index in [0.29, 0.717) is 11.3 Å². The number of hydrogen-bond acceptors (Lipinski definition) is 4. The van der Waals surface area contributed by atoms with Crippen molar-refractivity contribution in [3.8, 4) is 0 Å². The molecule has 0 bridgehead atoms. The molecule has 0 radical (unpaired) electrons. The molecule has 1 aliphatic rings. The Balaban J connectivity index is 1.51. The lowest BCUT2D eigenvalue weighted by atomic mass is 10.0. The average molecular weight is 529 g/mol. The summed E-state index contributed by atoms with van der Waals surface area (Å²) in [7, 11) is 0. The standard InChI is InChI=1S/C26H20Cl3N3O3/c1-14(2)17-6-3-4-8-19(17)31-24(33)15-10-12-16(13-11-15)30-23-22(29)25(34)32(26(23)35)20-9-5-7-18(27)21(20)28/h3-14,30H,1-2H3,(H,31,33). The Morgan fingerprint density at radius 3 is 2.23 bits per heavy atom. The van der Waals surface area contributed by atoms with Crippen LogP contribution in [0.5, 0.6) is 0 Å². The van der Waals surface area contributed by atoms with E-state index in [9.17, 15) is 14.4 Å². The minimum absolute atomic E-state index is 0.0657. The summed E-state index contributed by atoms with van der Waals surface area (Å²) >= 11 is 18.4. The minimum atomic E-state index is -0.719. The van der Waals surface area contributed by atoms with E-state index in [1.54, 1.807) is 36.4 Å². The van der Waals surface area contributed by atoms with Crippen LogP contribution in [0.3, 0.4) is 0 Å². The van der Waals surface area contributed by atoms with Crippen molar-refractivity contribution in [1.82, 2.24) is 0 Å². The Bertz CT molecular complexity index is 1370. The third-order valence-corrected chi connectivity index (χ3v) is 6.61. The molecule has 1 aliphatic heterocycles. The monoisotopic (exact) mass is 527 g/mol. The first-order valence-electron chi connectivity index (χ1n) is 10.7. The first kappa shape index (κ1) is 24.8. The van der Waals surface area contributed by atoms with E-state index in [4.69, 9.17) is 34.8 Å². The van der Waals surface area contributed by atoms with Crippen LogP contribution >= 0.6 is 34.8 Å². The van der Waals surface area contributed by atoms with Crippen molar-refractivity contribution in [3.63, 3.8) is 0 Å². The molecule has 6 nitrogen and oxygen atoms in total. The van der Waals surface area contributed by atoms with Crippen molar-refractivity contribution in [3.05, 3.63) is 98.6 Å². The molecule has 0 saturated heterocycles. The Morgan fingerprint density at radius 2 is 1.54 bits per heavy atom. The first-order chi connectivity index (χ1) is 16.7. The number of anilines is 3. The van der Waals surface area contributed by atoms with Crippen molar-refractivity contribution in [2.24, 2.45) is 0 Å². The molecule has 0 aliphatic carbocycles. The number of imide groups is 1. The number of nitrogens with one attached hydrogen (secondary N) is 2. The van der Waals surface area contributed by atoms with Gasteiger partial charge in [-0.1, -0.05) is 72.9 Å². The molecule has 4 rings (SSSR count). The van der Waals surface area contributed by atoms with Gasteiger partial charge >= 0.3 is 0 Å². The first-order valence-corrected chi connectivity index (χ1v) is 11.8. The van der Waals surface area contributed by atoms with Crippen LogP contribution in [-0.2, 0) is 9.59 Å². The van der Waals surface area contributed by atoms with E-state index in [1.165, 1.54) is 6.07 Å². The lowest BCUT2D eigenvalue weighted by Gasteiger charge is -2.17. The highest BCUT2D eigenvalue weighted by Crippen LogP contribution is 2.37. The minimum Gasteiger partial charge on any atom is -0.350 e. The van der Waals surface area contributed by atoms with Gasteiger partial charge in [0.05, 0.1) is 15.7 Å². The van der Waals surface area contributed by atoms with E-state index in [2.05, 4.69) is 24.5 Å². The van der Waals surface area contributed by atoms with Gasteiger partial charge in [-0.3, -0.25) is 14.4 Å². The summed E-state index contributed by atoms with van der Waals surface area (Å²) in [5.74, 6) is -1.40. The number of carbonyl (C=O) groups is 3. The zero-order chi connectivity index (χ0) is 25.3. The SMILES string of the molecule is CC(C)c1ccccc1NC(=O)c1ccc(NC2=C(Cl)C(=O)N(c3cccc(Cl)c3Cl)C2=O)cc1. The number of benzene rings is 3. The molecular weight excluding hydrogens is 509 g/mol. The number of carbonyl (C=O) groups excluding carboxylic acids is 3. The summed E-state index contributed by atoms with van der Waals surface area (Å²) in [6.45, 7) is 4.11. The van der Waals surface area contributed by atoms with Gasteiger partial charge in [0.2, 0.25) is 0 Å². The summed E-state index contributed by atoms with van der Waals surface area (Å²) < 4.78 is 0. The number of amides is 3. The molecule has 1 heterocycles. The molecule has 3 aromatic carbocycles. The van der Waals surface area contributed by atoms with Crippen LogP contribution < -0.4 is 15.5 Å². The molecule has 0 spiro atoms. The number of hydrogen-bond donors (Lipinski definition) is 2. The summed E-state index contributed by atoms with van der Waals surface area (Å²) in [4.78, 5) is 39.3. The molecule has 2 N–H and O–H groups in total. The maximum absolute atomic E-state index is 13.0. The van der Waals surface area contributed by atoms with E-state index in [-0.39, 0.29) is 38.3 Å². The Morgan fingerprint density at radius 1 is 0.857 bits per heavy atom. The fourth-order valence-corrected chi connectivity index (χ4v) is 4.25. The summed E-state index contributed by atoms with van der Waals surface area (Å²) in [6, 6.07) is 18.7. The van der Waals surface area contributed by atoms with Gasteiger partial charge in [0.15, 0.2) is 0 Å². The molecular formula is C26H20Cl3N3O3. The second-order valence-electron chi connectivity index (χ2n) is 8.11. The van der Waals surface area contributed by atoms with E-state index >= 15 is 0 Å². The zero-order valence-electron chi connectivity index (χ0n) is 18.7. The van der Waals surface area contributed by atoms with Crippen LogP contribution in [0.2, 0.25) is 10.0 Å². The Labute approximate surface area is 217 Å². The second-order valence-corrected chi connectivity index (χ2v) is 9.27. The van der Waals surface area contributed by atoms with Crippen LogP contribution in [0.1, 0.15) is 35.7 Å². The van der Waals surface area contributed by atoms with Gasteiger partial charge in [0, 0.05) is 16.9 Å². The van der Waals surface area contributed by atoms with Crippen molar-refractivity contribution in [2.75, 3.05) is 15.5 Å². The molecule has 178 valence electrons. The van der Waals surface area contributed by atoms with Crippen molar-refractivity contribution in [1.29, 1.82) is 0 Å².